The van der Waals surface area contributed by atoms with Gasteiger partial charge < -0.3 is 10.6 Å². The van der Waals surface area contributed by atoms with Gasteiger partial charge in [-0.25, -0.2) is 12.7 Å². The quantitative estimate of drug-likeness (QED) is 0.323. The lowest BCUT2D eigenvalue weighted by Crippen LogP contribution is -2.42. The first-order valence-corrected chi connectivity index (χ1v) is 10.4. The molecule has 9 heteroatoms. The van der Waals surface area contributed by atoms with Gasteiger partial charge in [-0.3, -0.25) is 9.89 Å². The number of hydrogen-bond acceptors (Lipinski definition) is 4. The van der Waals surface area contributed by atoms with Crippen LogP contribution in [0.4, 0.5) is 0 Å². The minimum absolute atomic E-state index is 0. The van der Waals surface area contributed by atoms with Crippen LogP contribution < -0.4 is 10.6 Å². The van der Waals surface area contributed by atoms with Crippen molar-refractivity contribution in [3.63, 3.8) is 0 Å². The summed E-state index contributed by atoms with van der Waals surface area (Å²) in [6.45, 7) is 9.83. The molecule has 0 saturated carbocycles. The van der Waals surface area contributed by atoms with Crippen LogP contribution in [-0.4, -0.2) is 81.2 Å². The molecular formula is C15H32IN5O2S. The Kier molecular flexibility index (Phi) is 9.83. The van der Waals surface area contributed by atoms with Gasteiger partial charge in [0.15, 0.2) is 5.96 Å². The first kappa shape index (κ1) is 21.9. The molecule has 2 heterocycles. The molecule has 7 nitrogen and oxygen atoms in total. The summed E-state index contributed by atoms with van der Waals surface area (Å²) in [4.78, 5) is 7.16. The van der Waals surface area contributed by atoms with Crippen molar-refractivity contribution >= 4 is 40.0 Å². The van der Waals surface area contributed by atoms with E-state index in [2.05, 4.69) is 27.4 Å². The van der Waals surface area contributed by atoms with E-state index >= 15 is 0 Å². The molecule has 2 fully saturated rings. The summed E-state index contributed by atoms with van der Waals surface area (Å²) >= 11 is 0. The van der Waals surface area contributed by atoms with Crippen LogP contribution in [0.2, 0.25) is 0 Å². The topological polar surface area (TPSA) is 77.0 Å². The van der Waals surface area contributed by atoms with Crippen molar-refractivity contribution in [3.05, 3.63) is 0 Å². The number of likely N-dealkylation sites (N-methyl/N-ethyl adjacent to an activating group) is 1. The van der Waals surface area contributed by atoms with Crippen molar-refractivity contribution in [3.8, 4) is 0 Å². The second-order valence-electron chi connectivity index (χ2n) is 6.14. The summed E-state index contributed by atoms with van der Waals surface area (Å²) in [5.74, 6) is 1.07. The SMILES string of the molecule is CCNC(=NCC1CCCN1CC)NCCN1CCCS1(=O)=O.I. The number of halogens is 1. The molecule has 1 atom stereocenters. The minimum atomic E-state index is -3.01. The summed E-state index contributed by atoms with van der Waals surface area (Å²) in [5.41, 5.74) is 0. The van der Waals surface area contributed by atoms with Gasteiger partial charge in [0.2, 0.25) is 10.0 Å². The predicted octanol–water partition coefficient (Wildman–Crippen LogP) is 0.679. The number of rotatable bonds is 7. The molecule has 0 bridgehead atoms. The van der Waals surface area contributed by atoms with Crippen molar-refractivity contribution < 1.29 is 8.42 Å². The minimum Gasteiger partial charge on any atom is -0.357 e. The number of likely N-dealkylation sites (tertiary alicyclic amines) is 1. The average Bonchev–Trinajstić information content (AvgIpc) is 3.10. The molecule has 24 heavy (non-hydrogen) atoms. The Morgan fingerprint density at radius 3 is 2.62 bits per heavy atom. The summed E-state index contributed by atoms with van der Waals surface area (Å²) in [6.07, 6.45) is 3.21. The average molecular weight is 473 g/mol. The zero-order chi connectivity index (χ0) is 16.7. The molecule has 0 radical (unpaired) electrons. The highest BCUT2D eigenvalue weighted by molar-refractivity contribution is 14.0. The third kappa shape index (κ3) is 6.30. The number of nitrogens with zero attached hydrogens (tertiary/aromatic N) is 3. The molecule has 0 spiro atoms. The van der Waals surface area contributed by atoms with Gasteiger partial charge in [0, 0.05) is 32.2 Å². The van der Waals surface area contributed by atoms with E-state index in [9.17, 15) is 8.42 Å². The predicted molar refractivity (Wildman–Crippen MR) is 110 cm³/mol. The van der Waals surface area contributed by atoms with Gasteiger partial charge >= 0.3 is 0 Å². The second-order valence-corrected chi connectivity index (χ2v) is 8.23. The summed E-state index contributed by atoms with van der Waals surface area (Å²) in [5, 5.41) is 6.49. The van der Waals surface area contributed by atoms with Crippen molar-refractivity contribution in [2.75, 3.05) is 51.6 Å². The molecule has 2 rings (SSSR count). The molecule has 0 aromatic rings. The molecule has 0 aromatic carbocycles. The monoisotopic (exact) mass is 473 g/mol. The number of guanidine groups is 1. The van der Waals surface area contributed by atoms with E-state index in [-0.39, 0.29) is 29.7 Å². The number of sulfonamides is 1. The molecule has 2 aliphatic rings. The highest BCUT2D eigenvalue weighted by Gasteiger charge is 2.27. The van der Waals surface area contributed by atoms with Gasteiger partial charge in [0.05, 0.1) is 12.3 Å². The molecule has 0 aromatic heterocycles. The maximum atomic E-state index is 11.8. The Balaban J connectivity index is 0.00000288. The largest absolute Gasteiger partial charge is 0.357 e. The van der Waals surface area contributed by atoms with Crippen LogP contribution in [0, 0.1) is 0 Å². The van der Waals surface area contributed by atoms with Crippen LogP contribution in [0.3, 0.4) is 0 Å². The van der Waals surface area contributed by atoms with E-state index in [0.717, 1.165) is 32.0 Å². The highest BCUT2D eigenvalue weighted by atomic mass is 127. The van der Waals surface area contributed by atoms with Gasteiger partial charge in [-0.1, -0.05) is 6.92 Å². The summed E-state index contributed by atoms with van der Waals surface area (Å²) < 4.78 is 25.1. The first-order valence-electron chi connectivity index (χ1n) is 8.81. The highest BCUT2D eigenvalue weighted by Crippen LogP contribution is 2.16. The number of hydrogen-bond donors (Lipinski definition) is 2. The van der Waals surface area contributed by atoms with Crippen molar-refractivity contribution in [2.45, 2.75) is 39.2 Å². The molecule has 0 aliphatic carbocycles. The van der Waals surface area contributed by atoms with Gasteiger partial charge in [-0.15, -0.1) is 24.0 Å². The number of aliphatic imine (C=N–C) groups is 1. The van der Waals surface area contributed by atoms with Gasteiger partial charge in [-0.05, 0) is 39.3 Å². The third-order valence-electron chi connectivity index (χ3n) is 4.57. The maximum Gasteiger partial charge on any atom is 0.214 e. The maximum absolute atomic E-state index is 11.8. The Bertz CT molecular complexity index is 500. The fourth-order valence-electron chi connectivity index (χ4n) is 3.30. The van der Waals surface area contributed by atoms with E-state index in [1.165, 1.54) is 19.4 Å². The van der Waals surface area contributed by atoms with Crippen molar-refractivity contribution in [2.24, 2.45) is 4.99 Å². The fourth-order valence-corrected chi connectivity index (χ4v) is 4.83. The van der Waals surface area contributed by atoms with E-state index in [1.54, 1.807) is 4.31 Å². The lowest BCUT2D eigenvalue weighted by atomic mass is 10.2. The normalized spacial score (nSPS) is 24.8. The Morgan fingerprint density at radius 1 is 1.21 bits per heavy atom. The standard InChI is InChI=1S/C15H31N5O2S.HI/c1-3-16-15(18-13-14-7-5-9-19(14)4-2)17-8-11-20-10-6-12-23(20,21)22;/h14H,3-13H2,1-2H3,(H2,16,17,18);1H. The van der Waals surface area contributed by atoms with E-state index in [1.807, 2.05) is 6.92 Å². The molecule has 1 unspecified atom stereocenters. The fraction of sp³-hybridized carbons (Fsp3) is 0.933. The summed E-state index contributed by atoms with van der Waals surface area (Å²) in [7, 11) is -3.01. The first-order chi connectivity index (χ1) is 11.1. The zero-order valence-corrected chi connectivity index (χ0v) is 18.0. The molecular weight excluding hydrogens is 441 g/mol. The summed E-state index contributed by atoms with van der Waals surface area (Å²) in [6, 6.07) is 0.536. The van der Waals surface area contributed by atoms with Gasteiger partial charge in [0.25, 0.3) is 0 Å². The van der Waals surface area contributed by atoms with E-state index < -0.39 is 10.0 Å². The van der Waals surface area contributed by atoms with Crippen molar-refractivity contribution in [1.29, 1.82) is 0 Å². The molecule has 2 N–H and O–H groups in total. The Hall–Kier alpha value is -0.130. The zero-order valence-electron chi connectivity index (χ0n) is 14.8. The van der Waals surface area contributed by atoms with Crippen LogP contribution in [0.15, 0.2) is 4.99 Å². The lowest BCUT2D eigenvalue weighted by molar-refractivity contribution is 0.273. The van der Waals surface area contributed by atoms with Crippen LogP contribution in [-0.2, 0) is 10.0 Å². The van der Waals surface area contributed by atoms with E-state index in [0.29, 0.717) is 25.7 Å². The molecule has 2 saturated heterocycles. The Morgan fingerprint density at radius 2 is 2.00 bits per heavy atom. The lowest BCUT2D eigenvalue weighted by Gasteiger charge is -2.22. The van der Waals surface area contributed by atoms with Gasteiger partial charge in [-0.2, -0.15) is 0 Å². The van der Waals surface area contributed by atoms with Crippen LogP contribution in [0.5, 0.6) is 0 Å². The van der Waals surface area contributed by atoms with Crippen LogP contribution >= 0.6 is 24.0 Å². The van der Waals surface area contributed by atoms with E-state index in [4.69, 9.17) is 0 Å². The van der Waals surface area contributed by atoms with Crippen molar-refractivity contribution in [1.82, 2.24) is 19.8 Å². The van der Waals surface area contributed by atoms with Gasteiger partial charge in [0.1, 0.15) is 0 Å². The van der Waals surface area contributed by atoms with Crippen LogP contribution in [0.1, 0.15) is 33.1 Å². The smallest absolute Gasteiger partial charge is 0.214 e. The Labute approximate surface area is 163 Å². The third-order valence-corrected chi connectivity index (χ3v) is 6.52. The molecule has 142 valence electrons. The molecule has 0 amide bonds. The number of nitrogens with one attached hydrogen (secondary N) is 2. The second kappa shape index (κ2) is 10.8. The van der Waals surface area contributed by atoms with Crippen LogP contribution in [0.25, 0.3) is 0 Å². The molecule has 2 aliphatic heterocycles.